The molecule has 1 N–H and O–H groups in total. The standard InChI is InChI=1S/C13H14FN5/c1-8(5-16-6-9(2)15)13-10-3-11(14)7-17-12(4-10)18-19-13/h3-5,7-8,15H,6H2,1-2H3. The number of halogens is 1. The van der Waals surface area contributed by atoms with Gasteiger partial charge in [0.15, 0.2) is 5.82 Å². The van der Waals surface area contributed by atoms with Crippen molar-refractivity contribution in [2.24, 2.45) is 9.98 Å². The summed E-state index contributed by atoms with van der Waals surface area (Å²) in [6.45, 7) is 3.96. The quantitative estimate of drug-likeness (QED) is 0.844. The van der Waals surface area contributed by atoms with Gasteiger partial charge in [0, 0.05) is 23.4 Å². The molecule has 6 heteroatoms. The van der Waals surface area contributed by atoms with Crippen LogP contribution >= 0.6 is 0 Å². The maximum Gasteiger partial charge on any atom is 0.175 e. The molecule has 2 rings (SSSR count). The van der Waals surface area contributed by atoms with Crippen molar-refractivity contribution in [1.29, 1.82) is 5.41 Å². The van der Waals surface area contributed by atoms with Gasteiger partial charge in [-0.05, 0) is 19.1 Å². The highest BCUT2D eigenvalue weighted by atomic mass is 19.1. The lowest BCUT2D eigenvalue weighted by molar-refractivity contribution is 0.693. The third kappa shape index (κ3) is 3.37. The van der Waals surface area contributed by atoms with Crippen molar-refractivity contribution in [3.8, 4) is 0 Å². The second-order valence-electron chi connectivity index (χ2n) is 4.39. The number of aromatic nitrogens is 2. The second-order valence-corrected chi connectivity index (χ2v) is 4.39. The molecule has 2 bridgehead atoms. The molecule has 0 aliphatic carbocycles. The van der Waals surface area contributed by atoms with E-state index < -0.39 is 5.83 Å². The zero-order valence-corrected chi connectivity index (χ0v) is 10.8. The average molecular weight is 259 g/mol. The summed E-state index contributed by atoms with van der Waals surface area (Å²) in [4.78, 5) is 7.98. The molecule has 5 nitrogen and oxygen atoms in total. The Labute approximate surface area is 110 Å². The van der Waals surface area contributed by atoms with Crippen molar-refractivity contribution < 1.29 is 4.39 Å². The van der Waals surface area contributed by atoms with Crippen LogP contribution in [0.5, 0.6) is 0 Å². The lowest BCUT2D eigenvalue weighted by Gasteiger charge is -2.08. The molecule has 2 heterocycles. The molecule has 19 heavy (non-hydrogen) atoms. The predicted octanol–water partition coefficient (Wildman–Crippen LogP) is 2.72. The summed E-state index contributed by atoms with van der Waals surface area (Å²) < 4.78 is 13.4. The van der Waals surface area contributed by atoms with Crippen molar-refractivity contribution in [3.63, 3.8) is 0 Å². The smallest absolute Gasteiger partial charge is 0.175 e. The summed E-state index contributed by atoms with van der Waals surface area (Å²) in [5.41, 5.74) is 1.80. The Balaban J connectivity index is 2.26. The number of allylic oxidation sites excluding steroid dienone is 1. The molecule has 0 saturated heterocycles. The zero-order chi connectivity index (χ0) is 13.8. The summed E-state index contributed by atoms with van der Waals surface area (Å²) in [7, 11) is 0. The van der Waals surface area contributed by atoms with Crippen LogP contribution in [0.15, 0.2) is 21.9 Å². The van der Waals surface area contributed by atoms with Crippen molar-refractivity contribution in [2.75, 3.05) is 6.54 Å². The van der Waals surface area contributed by atoms with E-state index in [1.807, 2.05) is 6.92 Å². The summed E-state index contributed by atoms with van der Waals surface area (Å²) in [5.74, 6) is -0.134. The van der Waals surface area contributed by atoms with Gasteiger partial charge in [-0.3, -0.25) is 4.99 Å². The molecule has 1 aromatic rings. The van der Waals surface area contributed by atoms with E-state index in [-0.39, 0.29) is 5.92 Å². The molecule has 0 saturated carbocycles. The molecule has 1 aliphatic rings. The van der Waals surface area contributed by atoms with Gasteiger partial charge in [0.1, 0.15) is 5.83 Å². The molecule has 1 aromatic heterocycles. The van der Waals surface area contributed by atoms with Crippen LogP contribution in [0, 0.1) is 5.41 Å². The predicted molar refractivity (Wildman–Crippen MR) is 74.4 cm³/mol. The molecule has 1 aliphatic heterocycles. The van der Waals surface area contributed by atoms with E-state index in [0.29, 0.717) is 29.3 Å². The summed E-state index contributed by atoms with van der Waals surface area (Å²) >= 11 is 0. The minimum Gasteiger partial charge on any atom is -0.308 e. The lowest BCUT2D eigenvalue weighted by Crippen LogP contribution is -2.04. The minimum atomic E-state index is -0.425. The molecule has 0 radical (unpaired) electrons. The van der Waals surface area contributed by atoms with Gasteiger partial charge in [0.05, 0.1) is 18.5 Å². The van der Waals surface area contributed by atoms with Crippen molar-refractivity contribution in [1.82, 2.24) is 10.2 Å². The largest absolute Gasteiger partial charge is 0.308 e. The molecule has 0 amide bonds. The Bertz CT molecular complexity index is 589. The van der Waals surface area contributed by atoms with E-state index >= 15 is 0 Å². The lowest BCUT2D eigenvalue weighted by atomic mass is 10.0. The van der Waals surface area contributed by atoms with E-state index in [2.05, 4.69) is 20.2 Å². The van der Waals surface area contributed by atoms with Gasteiger partial charge in [0.2, 0.25) is 0 Å². The summed E-state index contributed by atoms with van der Waals surface area (Å²) in [5, 5.41) is 15.3. The average Bonchev–Trinajstić information content (AvgIpc) is 2.48. The number of fused-ring (bicyclic) bond motifs is 2. The van der Waals surface area contributed by atoms with Crippen LogP contribution in [-0.2, 0) is 0 Å². The number of hydrogen-bond acceptors (Lipinski definition) is 5. The van der Waals surface area contributed by atoms with Gasteiger partial charge in [-0.2, -0.15) is 5.10 Å². The Morgan fingerprint density at radius 3 is 3.05 bits per heavy atom. The topological polar surface area (TPSA) is 74.3 Å². The molecule has 1 unspecified atom stereocenters. The van der Waals surface area contributed by atoms with Crippen LogP contribution in [0.3, 0.4) is 0 Å². The summed E-state index contributed by atoms with van der Waals surface area (Å²) in [6.07, 6.45) is 4.21. The Kier molecular flexibility index (Phi) is 3.89. The monoisotopic (exact) mass is 259 g/mol. The zero-order valence-electron chi connectivity index (χ0n) is 10.8. The fraction of sp³-hybridized carbons (Fsp3) is 0.308. The number of nitrogens with one attached hydrogen (secondary N) is 1. The van der Waals surface area contributed by atoms with Gasteiger partial charge >= 0.3 is 0 Å². The number of rotatable bonds is 4. The molecular weight excluding hydrogens is 245 g/mol. The van der Waals surface area contributed by atoms with Crippen molar-refractivity contribution in [2.45, 2.75) is 19.8 Å². The third-order valence-corrected chi connectivity index (χ3v) is 2.54. The number of nitrogens with zero attached hydrogens (tertiary/aromatic N) is 4. The molecule has 0 aromatic carbocycles. The van der Waals surface area contributed by atoms with Crippen LogP contribution in [0.2, 0.25) is 0 Å². The van der Waals surface area contributed by atoms with Crippen LogP contribution in [0.1, 0.15) is 31.0 Å². The first-order valence-corrected chi connectivity index (χ1v) is 5.89. The van der Waals surface area contributed by atoms with Gasteiger partial charge in [-0.25, -0.2) is 9.38 Å². The van der Waals surface area contributed by atoms with Crippen LogP contribution in [0.4, 0.5) is 10.2 Å². The molecular formula is C13H14FN5. The van der Waals surface area contributed by atoms with E-state index in [9.17, 15) is 4.39 Å². The van der Waals surface area contributed by atoms with E-state index in [1.54, 1.807) is 19.2 Å². The van der Waals surface area contributed by atoms with Crippen molar-refractivity contribution in [3.05, 3.63) is 23.2 Å². The van der Waals surface area contributed by atoms with Gasteiger partial charge < -0.3 is 5.41 Å². The van der Waals surface area contributed by atoms with E-state index in [0.717, 1.165) is 6.21 Å². The maximum absolute atomic E-state index is 13.4. The highest BCUT2D eigenvalue weighted by Crippen LogP contribution is 2.24. The second kappa shape index (κ2) is 5.60. The van der Waals surface area contributed by atoms with Gasteiger partial charge in [0.25, 0.3) is 0 Å². The van der Waals surface area contributed by atoms with Crippen LogP contribution in [-0.4, -0.2) is 34.9 Å². The molecule has 0 spiro atoms. The SMILES string of the molecule is CC(=N)CN=CC(C)c1nnc2cc1C=C(F)C=N2. The highest BCUT2D eigenvalue weighted by Gasteiger charge is 2.13. The molecule has 1 atom stereocenters. The fourth-order valence-corrected chi connectivity index (χ4v) is 1.67. The first kappa shape index (κ1) is 13.2. The normalized spacial score (nSPS) is 15.2. The van der Waals surface area contributed by atoms with Crippen molar-refractivity contribution >= 4 is 30.0 Å². The van der Waals surface area contributed by atoms with Crippen LogP contribution in [0.25, 0.3) is 6.08 Å². The highest BCUT2D eigenvalue weighted by molar-refractivity contribution is 5.87. The van der Waals surface area contributed by atoms with Gasteiger partial charge in [-0.15, -0.1) is 5.10 Å². The van der Waals surface area contributed by atoms with E-state index in [4.69, 9.17) is 5.41 Å². The number of aliphatic imine (C=N–C) groups is 2. The third-order valence-electron chi connectivity index (χ3n) is 2.54. The Hall–Kier alpha value is -2.24. The van der Waals surface area contributed by atoms with Gasteiger partial charge in [-0.1, -0.05) is 6.92 Å². The first-order valence-electron chi connectivity index (χ1n) is 5.89. The number of hydrogen-bond donors (Lipinski definition) is 1. The first-order chi connectivity index (χ1) is 9.06. The molecule has 0 fully saturated rings. The summed E-state index contributed by atoms with van der Waals surface area (Å²) in [6, 6.07) is 1.69. The fourth-order valence-electron chi connectivity index (χ4n) is 1.67. The molecule has 98 valence electrons. The Morgan fingerprint density at radius 1 is 1.53 bits per heavy atom. The minimum absolute atomic E-state index is 0.0990. The maximum atomic E-state index is 13.4. The van der Waals surface area contributed by atoms with Crippen LogP contribution < -0.4 is 0 Å². The Morgan fingerprint density at radius 2 is 2.32 bits per heavy atom. The van der Waals surface area contributed by atoms with E-state index in [1.165, 1.54) is 6.08 Å².